The zero-order valence-electron chi connectivity index (χ0n) is 12.1. The van der Waals surface area contributed by atoms with Gasteiger partial charge in [0.25, 0.3) is 0 Å². The van der Waals surface area contributed by atoms with Gasteiger partial charge in [0, 0.05) is 39.1 Å². The summed E-state index contributed by atoms with van der Waals surface area (Å²) < 4.78 is 13.7. The van der Waals surface area contributed by atoms with Crippen molar-refractivity contribution in [3.63, 3.8) is 0 Å². The van der Waals surface area contributed by atoms with E-state index in [4.69, 9.17) is 0 Å². The van der Waals surface area contributed by atoms with Crippen LogP contribution >= 0.6 is 0 Å². The van der Waals surface area contributed by atoms with Gasteiger partial charge >= 0.3 is 0 Å². The van der Waals surface area contributed by atoms with Gasteiger partial charge < -0.3 is 10.2 Å². The van der Waals surface area contributed by atoms with Crippen molar-refractivity contribution in [1.29, 1.82) is 0 Å². The molecule has 0 bridgehead atoms. The van der Waals surface area contributed by atoms with E-state index in [9.17, 15) is 4.39 Å². The van der Waals surface area contributed by atoms with Gasteiger partial charge in [-0.25, -0.2) is 4.39 Å². The van der Waals surface area contributed by atoms with Crippen molar-refractivity contribution in [2.45, 2.75) is 32.4 Å². The largest absolute Gasteiger partial charge is 0.314 e. The van der Waals surface area contributed by atoms with Crippen molar-refractivity contribution in [3.05, 3.63) is 35.4 Å². The molecule has 1 aromatic carbocycles. The van der Waals surface area contributed by atoms with Crippen LogP contribution in [0.4, 0.5) is 4.39 Å². The fraction of sp³-hybridized carbons (Fsp3) is 0.625. The van der Waals surface area contributed by atoms with Crippen LogP contribution in [0.15, 0.2) is 24.3 Å². The quantitative estimate of drug-likeness (QED) is 0.878. The molecule has 0 aromatic heterocycles. The minimum absolute atomic E-state index is 0.495. The Labute approximate surface area is 116 Å². The Kier molecular flexibility index (Phi) is 4.94. The second kappa shape index (κ2) is 6.49. The maximum absolute atomic E-state index is 13.7. The standard InChI is InChI=1S/C16H25FN2/c1-16(2,17)13-15-5-3-4-14(12-15)6-9-19-10-7-18-8-11-19/h3-5,12,18H,6-11,13H2,1-2H3. The van der Waals surface area contributed by atoms with Crippen LogP contribution in [0.1, 0.15) is 25.0 Å². The number of rotatable bonds is 5. The van der Waals surface area contributed by atoms with Crippen LogP contribution in [0.5, 0.6) is 0 Å². The highest BCUT2D eigenvalue weighted by Crippen LogP contribution is 2.17. The van der Waals surface area contributed by atoms with Gasteiger partial charge in [0.2, 0.25) is 0 Å². The molecule has 1 aliphatic rings. The van der Waals surface area contributed by atoms with Crippen LogP contribution in [-0.2, 0) is 12.8 Å². The molecule has 1 aliphatic heterocycles. The van der Waals surface area contributed by atoms with Crippen molar-refractivity contribution in [2.75, 3.05) is 32.7 Å². The molecular weight excluding hydrogens is 239 g/mol. The molecule has 0 atom stereocenters. The minimum atomic E-state index is -1.13. The molecule has 0 unspecified atom stereocenters. The van der Waals surface area contributed by atoms with Crippen LogP contribution in [0.3, 0.4) is 0 Å². The van der Waals surface area contributed by atoms with Gasteiger partial charge in [-0.15, -0.1) is 0 Å². The van der Waals surface area contributed by atoms with Gasteiger partial charge in [-0.2, -0.15) is 0 Å². The number of nitrogens with one attached hydrogen (secondary N) is 1. The summed E-state index contributed by atoms with van der Waals surface area (Å²) in [5, 5.41) is 3.36. The monoisotopic (exact) mass is 264 g/mol. The summed E-state index contributed by atoms with van der Waals surface area (Å²) in [6.45, 7) is 8.84. The summed E-state index contributed by atoms with van der Waals surface area (Å²) in [5.41, 5.74) is 1.29. The van der Waals surface area contributed by atoms with Gasteiger partial charge in [0.15, 0.2) is 0 Å². The third-order valence-corrected chi connectivity index (χ3v) is 3.54. The Morgan fingerprint density at radius 3 is 2.58 bits per heavy atom. The molecule has 0 radical (unpaired) electrons. The topological polar surface area (TPSA) is 15.3 Å². The first-order valence-corrected chi connectivity index (χ1v) is 7.23. The molecule has 0 spiro atoms. The normalized spacial score (nSPS) is 17.6. The SMILES string of the molecule is CC(C)(F)Cc1cccc(CCN2CCNCC2)c1. The molecule has 1 N–H and O–H groups in total. The fourth-order valence-electron chi connectivity index (χ4n) is 2.60. The molecule has 2 nitrogen and oxygen atoms in total. The molecule has 1 aromatic rings. The molecule has 1 fully saturated rings. The third-order valence-electron chi connectivity index (χ3n) is 3.54. The predicted octanol–water partition coefficient (Wildman–Crippen LogP) is 2.42. The molecule has 19 heavy (non-hydrogen) atoms. The first-order chi connectivity index (χ1) is 9.03. The third kappa shape index (κ3) is 5.29. The van der Waals surface area contributed by atoms with E-state index in [0.29, 0.717) is 6.42 Å². The number of benzene rings is 1. The lowest BCUT2D eigenvalue weighted by molar-refractivity contribution is 0.217. The Balaban J connectivity index is 1.87. The zero-order valence-corrected chi connectivity index (χ0v) is 12.1. The highest BCUT2D eigenvalue weighted by Gasteiger charge is 2.16. The van der Waals surface area contributed by atoms with E-state index in [1.807, 2.05) is 12.1 Å². The second-order valence-electron chi connectivity index (χ2n) is 6.06. The summed E-state index contributed by atoms with van der Waals surface area (Å²) in [6.07, 6.45) is 1.55. The summed E-state index contributed by atoms with van der Waals surface area (Å²) >= 11 is 0. The maximum Gasteiger partial charge on any atom is 0.109 e. The van der Waals surface area contributed by atoms with E-state index >= 15 is 0 Å². The van der Waals surface area contributed by atoms with Crippen LogP contribution in [0.25, 0.3) is 0 Å². The Morgan fingerprint density at radius 2 is 1.89 bits per heavy atom. The molecule has 0 amide bonds. The molecule has 2 rings (SSSR count). The highest BCUT2D eigenvalue weighted by atomic mass is 19.1. The Morgan fingerprint density at radius 1 is 1.21 bits per heavy atom. The number of hydrogen-bond donors (Lipinski definition) is 1. The molecule has 1 heterocycles. The number of hydrogen-bond acceptors (Lipinski definition) is 2. The van der Waals surface area contributed by atoms with Crippen LogP contribution in [0, 0.1) is 0 Å². The molecule has 0 saturated carbocycles. The first-order valence-electron chi connectivity index (χ1n) is 7.23. The summed E-state index contributed by atoms with van der Waals surface area (Å²) in [5.74, 6) is 0. The fourth-order valence-corrected chi connectivity index (χ4v) is 2.60. The van der Waals surface area contributed by atoms with E-state index in [1.165, 1.54) is 5.56 Å². The van der Waals surface area contributed by atoms with Gasteiger partial charge in [-0.3, -0.25) is 0 Å². The van der Waals surface area contributed by atoms with Crippen LogP contribution in [-0.4, -0.2) is 43.3 Å². The lowest BCUT2D eigenvalue weighted by Crippen LogP contribution is -2.44. The Bertz CT molecular complexity index is 392. The molecule has 0 aliphatic carbocycles. The van der Waals surface area contributed by atoms with Crippen LogP contribution in [0.2, 0.25) is 0 Å². The molecule has 3 heteroatoms. The van der Waals surface area contributed by atoms with E-state index < -0.39 is 5.67 Å². The smallest absolute Gasteiger partial charge is 0.109 e. The summed E-state index contributed by atoms with van der Waals surface area (Å²) in [4.78, 5) is 2.49. The van der Waals surface area contributed by atoms with E-state index in [0.717, 1.165) is 44.7 Å². The van der Waals surface area contributed by atoms with Gasteiger partial charge in [0.05, 0.1) is 0 Å². The van der Waals surface area contributed by atoms with Crippen molar-refractivity contribution in [2.24, 2.45) is 0 Å². The predicted molar refractivity (Wildman–Crippen MR) is 78.3 cm³/mol. The zero-order chi connectivity index (χ0) is 13.7. The molecular formula is C16H25FN2. The number of nitrogens with zero attached hydrogens (tertiary/aromatic N) is 1. The van der Waals surface area contributed by atoms with E-state index in [-0.39, 0.29) is 0 Å². The van der Waals surface area contributed by atoms with Gasteiger partial charge in [-0.1, -0.05) is 24.3 Å². The van der Waals surface area contributed by atoms with Crippen molar-refractivity contribution >= 4 is 0 Å². The number of alkyl halides is 1. The Hall–Kier alpha value is -0.930. The van der Waals surface area contributed by atoms with E-state index in [1.54, 1.807) is 13.8 Å². The minimum Gasteiger partial charge on any atom is -0.314 e. The molecule has 106 valence electrons. The number of piperazine rings is 1. The summed E-state index contributed by atoms with van der Waals surface area (Å²) in [7, 11) is 0. The maximum atomic E-state index is 13.7. The van der Waals surface area contributed by atoms with Crippen molar-refractivity contribution < 1.29 is 4.39 Å². The van der Waals surface area contributed by atoms with Crippen molar-refractivity contribution in [3.8, 4) is 0 Å². The second-order valence-corrected chi connectivity index (χ2v) is 6.06. The average Bonchev–Trinajstić information content (AvgIpc) is 2.36. The lowest BCUT2D eigenvalue weighted by Gasteiger charge is -2.27. The number of halogens is 1. The van der Waals surface area contributed by atoms with Gasteiger partial charge in [0.1, 0.15) is 5.67 Å². The molecule has 1 saturated heterocycles. The lowest BCUT2D eigenvalue weighted by atomic mass is 9.98. The first kappa shape index (κ1) is 14.5. The van der Waals surface area contributed by atoms with E-state index in [2.05, 4.69) is 22.3 Å². The average molecular weight is 264 g/mol. The summed E-state index contributed by atoms with van der Waals surface area (Å²) in [6, 6.07) is 8.38. The van der Waals surface area contributed by atoms with Gasteiger partial charge in [-0.05, 0) is 31.4 Å². The van der Waals surface area contributed by atoms with Crippen LogP contribution < -0.4 is 5.32 Å². The van der Waals surface area contributed by atoms with Crippen molar-refractivity contribution in [1.82, 2.24) is 10.2 Å². The highest BCUT2D eigenvalue weighted by molar-refractivity contribution is 5.25.